The Morgan fingerprint density at radius 2 is 2.00 bits per heavy atom. The zero-order valence-electron chi connectivity index (χ0n) is 14.1. The highest BCUT2D eigenvalue weighted by Gasteiger charge is 2.56. The topological polar surface area (TPSA) is 20.2 Å². The number of fused-ring (bicyclic) bond motifs is 3. The molecule has 1 nitrogen and oxygen atoms in total. The number of hydrogen-bond acceptors (Lipinski definition) is 1. The molecule has 1 heteroatoms. The van der Waals surface area contributed by atoms with E-state index >= 15 is 0 Å². The minimum absolute atomic E-state index is 0.126. The van der Waals surface area contributed by atoms with Crippen LogP contribution in [0.2, 0.25) is 0 Å². The minimum Gasteiger partial charge on any atom is -0.396 e. The van der Waals surface area contributed by atoms with Crippen molar-refractivity contribution in [3.8, 4) is 0 Å². The summed E-state index contributed by atoms with van der Waals surface area (Å²) in [4.78, 5) is 0. The van der Waals surface area contributed by atoms with Gasteiger partial charge in [-0.15, -0.1) is 6.58 Å². The lowest BCUT2D eigenvalue weighted by Gasteiger charge is -2.60. The normalized spacial score (nSPS) is 49.8. The molecule has 0 amide bonds. The minimum atomic E-state index is 0.126. The summed E-state index contributed by atoms with van der Waals surface area (Å²) in [5.41, 5.74) is 2.43. The molecular formula is C20H32O. The molecule has 2 fully saturated rings. The van der Waals surface area contributed by atoms with Crippen LogP contribution in [0.5, 0.6) is 0 Å². The second-order valence-corrected chi connectivity index (χ2v) is 8.67. The van der Waals surface area contributed by atoms with Crippen molar-refractivity contribution < 1.29 is 5.11 Å². The van der Waals surface area contributed by atoms with E-state index in [1.807, 2.05) is 0 Å². The van der Waals surface area contributed by atoms with Crippen molar-refractivity contribution >= 4 is 0 Å². The molecule has 0 unspecified atom stereocenters. The summed E-state index contributed by atoms with van der Waals surface area (Å²) in [5.74, 6) is 1.34. The van der Waals surface area contributed by atoms with Crippen LogP contribution < -0.4 is 0 Å². The van der Waals surface area contributed by atoms with Crippen molar-refractivity contribution in [1.82, 2.24) is 0 Å². The van der Waals surface area contributed by atoms with E-state index < -0.39 is 0 Å². The third kappa shape index (κ3) is 2.07. The van der Waals surface area contributed by atoms with Gasteiger partial charge in [-0.2, -0.15) is 0 Å². The van der Waals surface area contributed by atoms with E-state index in [0.29, 0.717) is 23.9 Å². The summed E-state index contributed by atoms with van der Waals surface area (Å²) in [6.07, 6.45) is 13.6. The maximum atomic E-state index is 10.0. The Balaban J connectivity index is 2.02. The molecule has 3 aliphatic rings. The molecule has 0 bridgehead atoms. The molecule has 118 valence electrons. The Bertz CT molecular complexity index is 464. The Morgan fingerprint density at radius 1 is 1.24 bits per heavy atom. The number of aliphatic hydroxyl groups excluding tert-OH is 1. The van der Waals surface area contributed by atoms with E-state index in [1.54, 1.807) is 5.57 Å². The number of hydrogen-bond donors (Lipinski definition) is 1. The van der Waals surface area contributed by atoms with Crippen molar-refractivity contribution in [2.45, 2.75) is 65.7 Å². The van der Waals surface area contributed by atoms with Crippen LogP contribution in [0.4, 0.5) is 0 Å². The molecule has 0 radical (unpaired) electrons. The first kappa shape index (κ1) is 15.3. The van der Waals surface area contributed by atoms with Gasteiger partial charge in [0.2, 0.25) is 0 Å². The van der Waals surface area contributed by atoms with Crippen molar-refractivity contribution in [2.24, 2.45) is 28.1 Å². The Hall–Kier alpha value is -0.560. The summed E-state index contributed by atoms with van der Waals surface area (Å²) < 4.78 is 0. The maximum Gasteiger partial charge on any atom is 0.0487 e. The molecule has 5 atom stereocenters. The van der Waals surface area contributed by atoms with Crippen LogP contribution >= 0.6 is 0 Å². The van der Waals surface area contributed by atoms with Gasteiger partial charge in [-0.3, -0.25) is 0 Å². The van der Waals surface area contributed by atoms with Crippen molar-refractivity contribution in [1.29, 1.82) is 0 Å². The molecule has 0 saturated heterocycles. The van der Waals surface area contributed by atoms with E-state index in [-0.39, 0.29) is 10.8 Å². The molecule has 3 aliphatic carbocycles. The second kappa shape index (κ2) is 4.98. The highest BCUT2D eigenvalue weighted by atomic mass is 16.3. The van der Waals surface area contributed by atoms with Crippen LogP contribution in [0.3, 0.4) is 0 Å². The molecule has 0 aliphatic heterocycles. The van der Waals surface area contributed by atoms with Crippen LogP contribution in [0.15, 0.2) is 24.3 Å². The van der Waals surface area contributed by atoms with E-state index in [4.69, 9.17) is 0 Å². The van der Waals surface area contributed by atoms with Crippen LogP contribution in [-0.2, 0) is 0 Å². The van der Waals surface area contributed by atoms with Crippen LogP contribution in [0.1, 0.15) is 65.7 Å². The fraction of sp³-hybridized carbons (Fsp3) is 0.800. The average molecular weight is 288 g/mol. The van der Waals surface area contributed by atoms with Gasteiger partial charge in [0.25, 0.3) is 0 Å². The Kier molecular flexibility index (Phi) is 3.64. The van der Waals surface area contributed by atoms with Gasteiger partial charge in [-0.05, 0) is 66.6 Å². The standard InChI is InChI=1S/C20H32O/c1-5-18(2)11-6-8-16-15(18)9-10-17-19(3,14-21)12-7-13-20(16,17)4/h5,8,15,17,21H,1,6-7,9-14H2,2-4H3/t15-,17-,18+,19+,20+/m1/s1. The van der Waals surface area contributed by atoms with Gasteiger partial charge in [0, 0.05) is 6.61 Å². The summed E-state index contributed by atoms with van der Waals surface area (Å²) >= 11 is 0. The third-order valence-electron chi connectivity index (χ3n) is 7.50. The predicted molar refractivity (Wildman–Crippen MR) is 89.0 cm³/mol. The van der Waals surface area contributed by atoms with Crippen molar-refractivity contribution in [3.05, 3.63) is 24.3 Å². The summed E-state index contributed by atoms with van der Waals surface area (Å²) in [6, 6.07) is 0. The number of rotatable bonds is 2. The lowest BCUT2D eigenvalue weighted by atomic mass is 9.44. The fourth-order valence-corrected chi connectivity index (χ4v) is 6.08. The van der Waals surface area contributed by atoms with Gasteiger partial charge in [-0.25, -0.2) is 0 Å². The SMILES string of the molecule is C=C[C@@]1(C)CCC=C2[C@H]1CC[C@@H]1[C@](C)(CO)CCC[C@@]21C. The molecule has 0 aromatic carbocycles. The second-order valence-electron chi connectivity index (χ2n) is 8.67. The summed E-state index contributed by atoms with van der Waals surface area (Å²) in [6.45, 7) is 11.7. The summed E-state index contributed by atoms with van der Waals surface area (Å²) in [7, 11) is 0. The van der Waals surface area contributed by atoms with Crippen LogP contribution in [0.25, 0.3) is 0 Å². The van der Waals surface area contributed by atoms with E-state index in [9.17, 15) is 5.11 Å². The highest BCUT2D eigenvalue weighted by molar-refractivity contribution is 5.30. The fourth-order valence-electron chi connectivity index (χ4n) is 6.08. The maximum absolute atomic E-state index is 10.0. The van der Waals surface area contributed by atoms with Gasteiger partial charge in [0.05, 0.1) is 0 Å². The third-order valence-corrected chi connectivity index (χ3v) is 7.50. The van der Waals surface area contributed by atoms with E-state index in [0.717, 1.165) is 0 Å². The molecule has 21 heavy (non-hydrogen) atoms. The molecular weight excluding hydrogens is 256 g/mol. The lowest BCUT2D eigenvalue weighted by Crippen LogP contribution is -2.52. The zero-order chi connectivity index (χ0) is 15.3. The Labute approximate surface area is 130 Å². The van der Waals surface area contributed by atoms with E-state index in [2.05, 4.69) is 39.5 Å². The molecule has 2 saturated carbocycles. The summed E-state index contributed by atoms with van der Waals surface area (Å²) in [5, 5.41) is 10.0. The molecule has 0 aromatic rings. The zero-order valence-corrected chi connectivity index (χ0v) is 14.1. The molecule has 3 rings (SSSR count). The van der Waals surface area contributed by atoms with Crippen LogP contribution in [0, 0.1) is 28.1 Å². The lowest BCUT2D eigenvalue weighted by molar-refractivity contribution is -0.0618. The first-order valence-electron chi connectivity index (χ1n) is 8.85. The molecule has 0 heterocycles. The van der Waals surface area contributed by atoms with Gasteiger partial charge in [-0.1, -0.05) is 44.9 Å². The molecule has 0 spiro atoms. The monoisotopic (exact) mass is 288 g/mol. The van der Waals surface area contributed by atoms with Gasteiger partial charge in [0.15, 0.2) is 0 Å². The van der Waals surface area contributed by atoms with Gasteiger partial charge >= 0.3 is 0 Å². The Morgan fingerprint density at radius 3 is 2.67 bits per heavy atom. The predicted octanol–water partition coefficient (Wildman–Crippen LogP) is 5.11. The van der Waals surface area contributed by atoms with Gasteiger partial charge < -0.3 is 5.11 Å². The van der Waals surface area contributed by atoms with Gasteiger partial charge in [0.1, 0.15) is 0 Å². The van der Waals surface area contributed by atoms with E-state index in [1.165, 1.54) is 44.9 Å². The number of aliphatic hydroxyl groups is 1. The quantitative estimate of drug-likeness (QED) is 0.700. The smallest absolute Gasteiger partial charge is 0.0487 e. The molecule has 1 N–H and O–H groups in total. The molecule has 0 aromatic heterocycles. The van der Waals surface area contributed by atoms with Crippen molar-refractivity contribution in [2.75, 3.05) is 6.61 Å². The average Bonchev–Trinajstić information content (AvgIpc) is 2.48. The highest BCUT2D eigenvalue weighted by Crippen LogP contribution is 2.64. The van der Waals surface area contributed by atoms with Crippen molar-refractivity contribution in [3.63, 3.8) is 0 Å². The number of allylic oxidation sites excluding steroid dienone is 3. The van der Waals surface area contributed by atoms with Crippen LogP contribution in [-0.4, -0.2) is 11.7 Å². The first-order chi connectivity index (χ1) is 9.89. The first-order valence-corrected chi connectivity index (χ1v) is 8.85. The largest absolute Gasteiger partial charge is 0.396 e.